The molecule has 0 amide bonds. The quantitative estimate of drug-likeness (QED) is 0.466. The molecule has 0 N–H and O–H groups in total. The predicted molar refractivity (Wildman–Crippen MR) is 96.4 cm³/mol. The van der Waals surface area contributed by atoms with Crippen LogP contribution in [0.3, 0.4) is 0 Å². The summed E-state index contributed by atoms with van der Waals surface area (Å²) in [5.74, 6) is -0.242. The third-order valence-corrected chi connectivity index (χ3v) is 3.80. The first-order chi connectivity index (χ1) is 12.5. The second kappa shape index (κ2) is 7.41. The van der Waals surface area contributed by atoms with E-state index in [1.807, 2.05) is 0 Å². The molecular formula is C19H14ClNO5. The number of hydrogen-bond donors (Lipinski definition) is 0. The van der Waals surface area contributed by atoms with Crippen molar-refractivity contribution in [3.63, 3.8) is 0 Å². The third kappa shape index (κ3) is 3.75. The van der Waals surface area contributed by atoms with Crippen molar-refractivity contribution in [2.45, 2.75) is 6.92 Å². The molecule has 2 aromatic carbocycles. The molecule has 7 heteroatoms. The summed E-state index contributed by atoms with van der Waals surface area (Å²) < 4.78 is 15.5. The van der Waals surface area contributed by atoms with Crippen LogP contribution in [0.4, 0.5) is 0 Å². The first kappa shape index (κ1) is 17.7. The number of methoxy groups -OCH3 is 1. The van der Waals surface area contributed by atoms with Crippen molar-refractivity contribution < 1.29 is 23.8 Å². The number of rotatable bonds is 4. The molecule has 1 aliphatic heterocycles. The number of nitrogens with zero attached hydrogens (tertiary/aromatic N) is 1. The Morgan fingerprint density at radius 3 is 2.65 bits per heavy atom. The van der Waals surface area contributed by atoms with Gasteiger partial charge in [0.15, 0.2) is 17.2 Å². The topological polar surface area (TPSA) is 74.2 Å². The van der Waals surface area contributed by atoms with Crippen LogP contribution in [-0.2, 0) is 14.3 Å². The number of esters is 2. The number of hydrogen-bond acceptors (Lipinski definition) is 6. The second-order valence-electron chi connectivity index (χ2n) is 5.32. The van der Waals surface area contributed by atoms with Gasteiger partial charge < -0.3 is 14.2 Å². The van der Waals surface area contributed by atoms with Crippen LogP contribution >= 0.6 is 11.6 Å². The first-order valence-corrected chi connectivity index (χ1v) is 7.99. The van der Waals surface area contributed by atoms with Crippen LogP contribution in [0, 0.1) is 0 Å². The van der Waals surface area contributed by atoms with E-state index in [4.69, 9.17) is 25.8 Å². The van der Waals surface area contributed by atoms with Gasteiger partial charge in [0.2, 0.25) is 5.90 Å². The van der Waals surface area contributed by atoms with Gasteiger partial charge in [0.05, 0.1) is 17.7 Å². The lowest BCUT2D eigenvalue weighted by molar-refractivity contribution is -0.132. The van der Waals surface area contributed by atoms with E-state index in [9.17, 15) is 9.59 Å². The Balaban J connectivity index is 1.93. The van der Waals surface area contributed by atoms with Crippen LogP contribution in [0.25, 0.3) is 6.08 Å². The molecule has 0 aliphatic carbocycles. The largest absolute Gasteiger partial charge is 0.493 e. The summed E-state index contributed by atoms with van der Waals surface area (Å²) in [5.41, 5.74) is 1.30. The van der Waals surface area contributed by atoms with Gasteiger partial charge in [-0.15, -0.1) is 0 Å². The Kier molecular flexibility index (Phi) is 5.04. The van der Waals surface area contributed by atoms with Crippen molar-refractivity contribution in [3.05, 3.63) is 64.3 Å². The molecule has 0 atom stereocenters. The fourth-order valence-corrected chi connectivity index (χ4v) is 2.55. The second-order valence-corrected chi connectivity index (χ2v) is 5.73. The molecule has 2 aromatic rings. The molecule has 0 bridgehead atoms. The van der Waals surface area contributed by atoms with Gasteiger partial charge in [-0.25, -0.2) is 9.79 Å². The SMILES string of the molecule is COc1cc(/C=C2/N=C(c3ccccc3Cl)OC2=O)ccc1OC(C)=O. The highest BCUT2D eigenvalue weighted by Gasteiger charge is 2.25. The van der Waals surface area contributed by atoms with Gasteiger partial charge in [-0.2, -0.15) is 0 Å². The number of carbonyl (C=O) groups excluding carboxylic acids is 2. The highest BCUT2D eigenvalue weighted by Crippen LogP contribution is 2.30. The maximum atomic E-state index is 12.1. The van der Waals surface area contributed by atoms with Crippen molar-refractivity contribution in [2.75, 3.05) is 7.11 Å². The van der Waals surface area contributed by atoms with E-state index in [0.29, 0.717) is 21.9 Å². The molecule has 0 radical (unpaired) electrons. The van der Waals surface area contributed by atoms with Crippen molar-refractivity contribution in [2.24, 2.45) is 4.99 Å². The van der Waals surface area contributed by atoms with Crippen molar-refractivity contribution in [3.8, 4) is 11.5 Å². The minimum Gasteiger partial charge on any atom is -0.493 e. The Bertz CT molecular complexity index is 949. The molecule has 132 valence electrons. The molecule has 3 rings (SSSR count). The predicted octanol–water partition coefficient (Wildman–Crippen LogP) is 3.62. The maximum absolute atomic E-state index is 12.1. The minimum atomic E-state index is -0.581. The normalized spacial score (nSPS) is 14.8. The Morgan fingerprint density at radius 1 is 1.19 bits per heavy atom. The van der Waals surface area contributed by atoms with E-state index >= 15 is 0 Å². The van der Waals surface area contributed by atoms with Crippen LogP contribution in [0.5, 0.6) is 11.5 Å². The molecule has 6 nitrogen and oxygen atoms in total. The van der Waals surface area contributed by atoms with Crippen molar-refractivity contribution in [1.82, 2.24) is 0 Å². The molecule has 1 heterocycles. The van der Waals surface area contributed by atoms with Crippen LogP contribution in [0.2, 0.25) is 5.02 Å². The van der Waals surface area contributed by atoms with E-state index in [2.05, 4.69) is 4.99 Å². The van der Waals surface area contributed by atoms with Gasteiger partial charge >= 0.3 is 11.9 Å². The zero-order valence-electron chi connectivity index (χ0n) is 14.0. The molecule has 0 unspecified atom stereocenters. The average molecular weight is 372 g/mol. The standard InChI is InChI=1S/C19H14ClNO5/c1-11(22)25-16-8-7-12(10-17(16)24-2)9-15-19(23)26-18(21-15)13-5-3-4-6-14(13)20/h3-10H,1-2H3/b15-9+. The summed E-state index contributed by atoms with van der Waals surface area (Å²) in [7, 11) is 1.46. The lowest BCUT2D eigenvalue weighted by atomic mass is 10.1. The third-order valence-electron chi connectivity index (χ3n) is 3.47. The number of halogens is 1. The number of aliphatic imine (C=N–C) groups is 1. The zero-order chi connectivity index (χ0) is 18.7. The van der Waals surface area contributed by atoms with E-state index in [-0.39, 0.29) is 17.3 Å². The van der Waals surface area contributed by atoms with Gasteiger partial charge in [0.1, 0.15) is 0 Å². The van der Waals surface area contributed by atoms with Gasteiger partial charge in [0, 0.05) is 6.92 Å². The summed E-state index contributed by atoms with van der Waals surface area (Å²) in [6.45, 7) is 1.30. The van der Waals surface area contributed by atoms with Crippen LogP contribution in [0.15, 0.2) is 53.2 Å². The zero-order valence-corrected chi connectivity index (χ0v) is 14.7. The van der Waals surface area contributed by atoms with E-state index < -0.39 is 11.9 Å². The van der Waals surface area contributed by atoms with E-state index in [1.165, 1.54) is 14.0 Å². The number of ether oxygens (including phenoxy) is 3. The average Bonchev–Trinajstić information content (AvgIpc) is 2.96. The fraction of sp³-hybridized carbons (Fsp3) is 0.105. The Hall–Kier alpha value is -3.12. The van der Waals surface area contributed by atoms with E-state index in [1.54, 1.807) is 48.5 Å². The smallest absolute Gasteiger partial charge is 0.363 e. The highest BCUT2D eigenvalue weighted by molar-refractivity contribution is 6.34. The van der Waals surface area contributed by atoms with Crippen molar-refractivity contribution >= 4 is 35.5 Å². The lowest BCUT2D eigenvalue weighted by Gasteiger charge is -2.08. The lowest BCUT2D eigenvalue weighted by Crippen LogP contribution is -2.05. The highest BCUT2D eigenvalue weighted by atomic mass is 35.5. The molecule has 26 heavy (non-hydrogen) atoms. The van der Waals surface area contributed by atoms with Gasteiger partial charge in [-0.3, -0.25) is 4.79 Å². The summed E-state index contributed by atoms with van der Waals surface area (Å²) in [4.78, 5) is 27.4. The summed E-state index contributed by atoms with van der Waals surface area (Å²) in [6, 6.07) is 11.8. The number of benzene rings is 2. The van der Waals surface area contributed by atoms with Gasteiger partial charge in [-0.1, -0.05) is 29.8 Å². The first-order valence-electron chi connectivity index (χ1n) is 7.62. The van der Waals surface area contributed by atoms with Gasteiger partial charge in [-0.05, 0) is 35.9 Å². The van der Waals surface area contributed by atoms with Crippen LogP contribution < -0.4 is 9.47 Å². The van der Waals surface area contributed by atoms with E-state index in [0.717, 1.165) is 0 Å². The van der Waals surface area contributed by atoms with Crippen molar-refractivity contribution in [1.29, 1.82) is 0 Å². The molecule has 0 spiro atoms. The molecule has 0 fully saturated rings. The molecule has 0 saturated heterocycles. The molecular weight excluding hydrogens is 358 g/mol. The summed E-state index contributed by atoms with van der Waals surface area (Å²) in [6.07, 6.45) is 1.55. The van der Waals surface area contributed by atoms with Crippen LogP contribution in [0.1, 0.15) is 18.1 Å². The molecule has 1 aliphatic rings. The Labute approximate surface area is 154 Å². The summed E-state index contributed by atoms with van der Waals surface area (Å²) in [5, 5.41) is 0.438. The molecule has 0 saturated carbocycles. The minimum absolute atomic E-state index is 0.127. The number of carbonyl (C=O) groups is 2. The van der Waals surface area contributed by atoms with Crippen LogP contribution in [-0.4, -0.2) is 24.9 Å². The Morgan fingerprint density at radius 2 is 1.96 bits per heavy atom. The van der Waals surface area contributed by atoms with Gasteiger partial charge in [0.25, 0.3) is 0 Å². The molecule has 0 aromatic heterocycles. The maximum Gasteiger partial charge on any atom is 0.363 e. The number of cyclic esters (lactones) is 1. The summed E-state index contributed by atoms with van der Waals surface area (Å²) >= 11 is 6.11. The fourth-order valence-electron chi connectivity index (χ4n) is 2.33. The monoisotopic (exact) mass is 371 g/mol.